The highest BCUT2D eigenvalue weighted by molar-refractivity contribution is 6.36. The molecule has 1 aromatic carbocycles. The quantitative estimate of drug-likeness (QED) is 0.676. The molecule has 3 nitrogen and oxygen atoms in total. The lowest BCUT2D eigenvalue weighted by atomic mass is 10.1. The molecule has 1 aromatic heterocycles. The van der Waals surface area contributed by atoms with Crippen LogP contribution < -0.4 is 0 Å². The predicted octanol–water partition coefficient (Wildman–Crippen LogP) is 2.63. The standard InChI is InChI=1S/C11H4ClN3/c12-11-8(5-14)6-15-10-3-7(4-13)1-2-9(10)11/h1-3,6H. The number of pyridine rings is 1. The third-order valence-electron chi connectivity index (χ3n) is 2.05. The number of hydrogen-bond acceptors (Lipinski definition) is 3. The second-order valence-electron chi connectivity index (χ2n) is 2.94. The number of benzene rings is 1. The van der Waals surface area contributed by atoms with E-state index in [2.05, 4.69) is 4.98 Å². The summed E-state index contributed by atoms with van der Waals surface area (Å²) in [7, 11) is 0. The third-order valence-corrected chi connectivity index (χ3v) is 2.46. The monoisotopic (exact) mass is 213 g/mol. The number of nitrogens with zero attached hydrogens (tertiary/aromatic N) is 3. The van der Waals surface area contributed by atoms with E-state index in [0.29, 0.717) is 27.1 Å². The maximum absolute atomic E-state index is 8.75. The maximum atomic E-state index is 8.75. The molecule has 0 spiro atoms. The Kier molecular flexibility index (Phi) is 2.25. The molecule has 0 fully saturated rings. The van der Waals surface area contributed by atoms with Crippen LogP contribution >= 0.6 is 11.6 Å². The summed E-state index contributed by atoms with van der Waals surface area (Å²) in [4.78, 5) is 4.06. The highest BCUT2D eigenvalue weighted by Gasteiger charge is 2.06. The largest absolute Gasteiger partial charge is 0.255 e. The molecule has 0 amide bonds. The molecule has 0 aliphatic carbocycles. The van der Waals surface area contributed by atoms with Crippen LogP contribution in [0.15, 0.2) is 24.4 Å². The van der Waals surface area contributed by atoms with Crippen molar-refractivity contribution in [3.63, 3.8) is 0 Å². The van der Waals surface area contributed by atoms with Gasteiger partial charge in [0.15, 0.2) is 0 Å². The van der Waals surface area contributed by atoms with Crippen molar-refractivity contribution in [1.82, 2.24) is 4.98 Å². The Balaban J connectivity index is 2.82. The fraction of sp³-hybridized carbons (Fsp3) is 0. The molecule has 0 bridgehead atoms. The Bertz CT molecular complexity index is 620. The van der Waals surface area contributed by atoms with Gasteiger partial charge in [-0.3, -0.25) is 4.98 Å². The molecule has 0 saturated heterocycles. The summed E-state index contributed by atoms with van der Waals surface area (Å²) in [6.45, 7) is 0. The van der Waals surface area contributed by atoms with E-state index in [1.54, 1.807) is 18.2 Å². The molecule has 2 aromatic rings. The molecule has 0 N–H and O–H groups in total. The van der Waals surface area contributed by atoms with Crippen LogP contribution in [0.25, 0.3) is 10.9 Å². The van der Waals surface area contributed by atoms with Crippen LogP contribution in [0.5, 0.6) is 0 Å². The van der Waals surface area contributed by atoms with Gasteiger partial charge in [-0.2, -0.15) is 10.5 Å². The molecule has 0 atom stereocenters. The Morgan fingerprint density at radius 3 is 2.67 bits per heavy atom. The fourth-order valence-corrected chi connectivity index (χ4v) is 1.56. The fourth-order valence-electron chi connectivity index (χ4n) is 1.31. The van der Waals surface area contributed by atoms with Crippen LogP contribution in [0.1, 0.15) is 11.1 Å². The van der Waals surface area contributed by atoms with Gasteiger partial charge in [-0.05, 0) is 18.2 Å². The first-order chi connectivity index (χ1) is 7.26. The minimum absolute atomic E-state index is 0.342. The van der Waals surface area contributed by atoms with Gasteiger partial charge in [-0.15, -0.1) is 0 Å². The topological polar surface area (TPSA) is 60.5 Å². The number of fused-ring (bicyclic) bond motifs is 1. The molecule has 0 radical (unpaired) electrons. The van der Waals surface area contributed by atoms with E-state index >= 15 is 0 Å². The highest BCUT2D eigenvalue weighted by atomic mass is 35.5. The molecular formula is C11H4ClN3. The highest BCUT2D eigenvalue weighted by Crippen LogP contribution is 2.25. The molecule has 0 aliphatic rings. The zero-order chi connectivity index (χ0) is 10.8. The van der Waals surface area contributed by atoms with Crippen LogP contribution in [0.4, 0.5) is 0 Å². The predicted molar refractivity (Wildman–Crippen MR) is 56.2 cm³/mol. The summed E-state index contributed by atoms with van der Waals surface area (Å²) in [6.07, 6.45) is 1.41. The SMILES string of the molecule is N#Cc1ccc2c(Cl)c(C#N)cnc2c1. The van der Waals surface area contributed by atoms with E-state index in [-0.39, 0.29) is 0 Å². The zero-order valence-corrected chi connectivity index (χ0v) is 8.28. The van der Waals surface area contributed by atoms with Gasteiger partial charge in [-0.1, -0.05) is 11.6 Å². The summed E-state index contributed by atoms with van der Waals surface area (Å²) >= 11 is 5.99. The molecule has 4 heteroatoms. The first kappa shape index (κ1) is 9.45. The number of rotatable bonds is 0. The van der Waals surface area contributed by atoms with E-state index in [9.17, 15) is 0 Å². The van der Waals surface area contributed by atoms with E-state index in [4.69, 9.17) is 22.1 Å². The molecule has 15 heavy (non-hydrogen) atoms. The number of hydrogen-bond donors (Lipinski definition) is 0. The van der Waals surface area contributed by atoms with E-state index in [0.717, 1.165) is 0 Å². The minimum Gasteiger partial charge on any atom is -0.255 e. The average Bonchev–Trinajstić information content (AvgIpc) is 2.29. The Labute approximate surface area is 91.2 Å². The van der Waals surface area contributed by atoms with Gasteiger partial charge in [0.1, 0.15) is 6.07 Å². The lowest BCUT2D eigenvalue weighted by Crippen LogP contribution is -1.86. The molecular weight excluding hydrogens is 210 g/mol. The van der Waals surface area contributed by atoms with Gasteiger partial charge in [0.25, 0.3) is 0 Å². The summed E-state index contributed by atoms with van der Waals surface area (Å²) in [6, 6.07) is 8.97. The Morgan fingerprint density at radius 2 is 2.00 bits per heavy atom. The maximum Gasteiger partial charge on any atom is 0.102 e. The Hall–Kier alpha value is -2.10. The van der Waals surface area contributed by atoms with Crippen molar-refractivity contribution in [2.45, 2.75) is 0 Å². The van der Waals surface area contributed by atoms with Crippen LogP contribution in [-0.2, 0) is 0 Å². The van der Waals surface area contributed by atoms with Crippen molar-refractivity contribution >= 4 is 22.5 Å². The van der Waals surface area contributed by atoms with Crippen molar-refractivity contribution in [2.75, 3.05) is 0 Å². The Morgan fingerprint density at radius 1 is 1.20 bits per heavy atom. The van der Waals surface area contributed by atoms with E-state index in [1.165, 1.54) is 6.20 Å². The average molecular weight is 214 g/mol. The van der Waals surface area contributed by atoms with Gasteiger partial charge in [0, 0.05) is 11.6 Å². The molecule has 1 heterocycles. The van der Waals surface area contributed by atoms with Crippen molar-refractivity contribution in [2.24, 2.45) is 0 Å². The lowest BCUT2D eigenvalue weighted by molar-refractivity contribution is 1.37. The second kappa shape index (κ2) is 3.57. The number of aromatic nitrogens is 1. The molecule has 0 unspecified atom stereocenters. The second-order valence-corrected chi connectivity index (χ2v) is 3.32. The molecule has 0 saturated carbocycles. The van der Waals surface area contributed by atoms with Crippen LogP contribution in [-0.4, -0.2) is 4.98 Å². The molecule has 0 aliphatic heterocycles. The van der Waals surface area contributed by atoms with Gasteiger partial charge in [-0.25, -0.2) is 0 Å². The van der Waals surface area contributed by atoms with Gasteiger partial charge < -0.3 is 0 Å². The summed E-state index contributed by atoms with van der Waals surface area (Å²) < 4.78 is 0. The van der Waals surface area contributed by atoms with Crippen molar-refractivity contribution in [1.29, 1.82) is 10.5 Å². The van der Waals surface area contributed by atoms with Crippen LogP contribution in [0.2, 0.25) is 5.02 Å². The molecule has 70 valence electrons. The van der Waals surface area contributed by atoms with Gasteiger partial charge in [0.05, 0.1) is 27.7 Å². The lowest BCUT2D eigenvalue weighted by Gasteiger charge is -2.01. The smallest absolute Gasteiger partial charge is 0.102 e. The van der Waals surface area contributed by atoms with E-state index in [1.807, 2.05) is 12.1 Å². The summed E-state index contributed by atoms with van der Waals surface area (Å²) in [5.41, 5.74) is 1.49. The van der Waals surface area contributed by atoms with Crippen molar-refractivity contribution < 1.29 is 0 Å². The number of halogens is 1. The normalized spacial score (nSPS) is 9.53. The summed E-state index contributed by atoms with van der Waals surface area (Å²) in [5.74, 6) is 0. The van der Waals surface area contributed by atoms with Crippen molar-refractivity contribution in [3.8, 4) is 12.1 Å². The summed E-state index contributed by atoms with van der Waals surface area (Å²) in [5, 5.41) is 18.5. The number of nitriles is 2. The third kappa shape index (κ3) is 1.50. The van der Waals surface area contributed by atoms with Crippen LogP contribution in [0.3, 0.4) is 0 Å². The van der Waals surface area contributed by atoms with Crippen LogP contribution in [0, 0.1) is 22.7 Å². The first-order valence-corrected chi connectivity index (χ1v) is 4.52. The van der Waals surface area contributed by atoms with E-state index < -0.39 is 0 Å². The van der Waals surface area contributed by atoms with Gasteiger partial charge in [0.2, 0.25) is 0 Å². The first-order valence-electron chi connectivity index (χ1n) is 4.14. The van der Waals surface area contributed by atoms with Gasteiger partial charge >= 0.3 is 0 Å². The zero-order valence-electron chi connectivity index (χ0n) is 7.53. The minimum atomic E-state index is 0.342. The molecule has 2 rings (SSSR count). The van der Waals surface area contributed by atoms with Crippen molar-refractivity contribution in [3.05, 3.63) is 40.5 Å².